The van der Waals surface area contributed by atoms with Crippen LogP contribution in [0.15, 0.2) is 158 Å². The highest BCUT2D eigenvalue weighted by Crippen LogP contribution is 2.34. The van der Waals surface area contributed by atoms with E-state index in [0.717, 1.165) is 132 Å². The van der Waals surface area contributed by atoms with Gasteiger partial charge in [0.05, 0.1) is 129 Å². The van der Waals surface area contributed by atoms with Crippen molar-refractivity contribution in [2.45, 2.75) is 132 Å². The van der Waals surface area contributed by atoms with Gasteiger partial charge in [0.1, 0.15) is 54.1 Å². The minimum absolute atomic E-state index is 0.0184. The van der Waals surface area contributed by atoms with E-state index in [1.165, 1.54) is 22.2 Å². The number of β-amino-alcohol motifs (C(OH)–C–C–N with tert-alkyl or cyclic N) is 2. The molecule has 12 aromatic rings. The van der Waals surface area contributed by atoms with Crippen LogP contribution in [0.25, 0.3) is 43.8 Å². The maximum atomic E-state index is 14.0. The van der Waals surface area contributed by atoms with Crippen LogP contribution in [0.1, 0.15) is 109 Å². The minimum atomic E-state index is -0.995. The summed E-state index contributed by atoms with van der Waals surface area (Å²) in [6.45, 7) is 30.7. The van der Waals surface area contributed by atoms with Crippen molar-refractivity contribution in [3.8, 4) is 32.5 Å². The molecule has 0 aliphatic carbocycles. The summed E-state index contributed by atoms with van der Waals surface area (Å²) in [4.78, 5) is 144. The van der Waals surface area contributed by atoms with Crippen LogP contribution in [0.5, 0.6) is 0 Å². The number of amides is 7. The van der Waals surface area contributed by atoms with E-state index >= 15 is 0 Å². The van der Waals surface area contributed by atoms with Crippen LogP contribution < -0.4 is 42.1 Å². The van der Waals surface area contributed by atoms with Crippen molar-refractivity contribution in [1.82, 2.24) is 104 Å². The van der Waals surface area contributed by atoms with Crippen molar-refractivity contribution in [2.24, 2.45) is 16.6 Å². The number of likely N-dealkylation sites (tertiary alicyclic amines) is 2. The minimum Gasteiger partial charge on any atom is -0.480 e. The fraction of sp³-hybridized carbons (Fsp3) is 0.460. The molecule has 4 fully saturated rings. The number of aliphatic carboxylic acids is 1. The van der Waals surface area contributed by atoms with Gasteiger partial charge in [0.25, 0.3) is 11.8 Å². The highest BCUT2D eigenvalue weighted by atomic mass is 32.1. The molecule has 145 heavy (non-hydrogen) atoms. The molecule has 45 heteroatoms. The Morgan fingerprint density at radius 3 is 1.27 bits per heavy atom. The van der Waals surface area contributed by atoms with E-state index in [4.69, 9.17) is 49.5 Å². The fourth-order valence-corrected chi connectivity index (χ4v) is 18.2. The number of aliphatic hydroxyl groups excluding tert-OH is 2. The molecule has 0 radical (unpaired) electrons. The number of pyridine rings is 2. The number of carbonyl (C=O) groups excluding carboxylic acids is 7. The molecule has 14 heterocycles. The smallest absolute Gasteiger partial charge is 0.329 e. The number of aliphatic hydroxyl groups is 2. The van der Waals surface area contributed by atoms with Crippen LogP contribution >= 0.6 is 22.7 Å². The Kier molecular flexibility index (Phi) is 37.7. The summed E-state index contributed by atoms with van der Waals surface area (Å²) in [5.74, 6) is 0.0524. The number of carboxylic acid groups (broad SMARTS) is 1. The number of nitrogens with one attached hydrogen (secondary N) is 5. The number of rotatable bonds is 41. The predicted molar refractivity (Wildman–Crippen MR) is 543 cm³/mol. The van der Waals surface area contributed by atoms with E-state index in [-0.39, 0.29) is 95.0 Å². The number of nitrogens with zero attached hydrogens (tertiary/aromatic N) is 20. The van der Waals surface area contributed by atoms with Gasteiger partial charge in [-0.25, -0.2) is 43.7 Å². The molecule has 0 bridgehead atoms. The molecule has 4 aliphatic heterocycles. The van der Waals surface area contributed by atoms with E-state index in [9.17, 15) is 48.6 Å². The summed E-state index contributed by atoms with van der Waals surface area (Å²) in [7, 11) is 0. The summed E-state index contributed by atoms with van der Waals surface area (Å²) in [5, 5.41) is 61.9. The Morgan fingerprint density at radius 1 is 0.476 bits per heavy atom. The molecule has 772 valence electrons. The maximum absolute atomic E-state index is 14.0. The Hall–Kier alpha value is -13.4. The first-order valence-electron chi connectivity index (χ1n) is 48.2. The number of aromatic nitrogens is 14. The Bertz CT molecular complexity index is 6300. The van der Waals surface area contributed by atoms with E-state index in [1.54, 1.807) is 90.4 Å². The van der Waals surface area contributed by atoms with Crippen LogP contribution in [0.3, 0.4) is 0 Å². The van der Waals surface area contributed by atoms with Gasteiger partial charge in [-0.3, -0.25) is 43.4 Å². The van der Waals surface area contributed by atoms with Gasteiger partial charge in [0.2, 0.25) is 29.5 Å². The van der Waals surface area contributed by atoms with Crippen molar-refractivity contribution in [1.29, 1.82) is 0 Å². The van der Waals surface area contributed by atoms with Crippen LogP contribution in [-0.2, 0) is 70.3 Å². The first kappa shape index (κ1) is 107. The molecule has 43 nitrogen and oxygen atoms in total. The van der Waals surface area contributed by atoms with E-state index in [2.05, 4.69) is 86.3 Å². The van der Waals surface area contributed by atoms with Crippen molar-refractivity contribution in [3.05, 3.63) is 202 Å². The summed E-state index contributed by atoms with van der Waals surface area (Å²) in [6, 6.07) is 27.4. The standard InChI is InChI=1S/C50H63N13O8S.C28H35N9O6.C22H30N4O3S/c1-33-7-12-40(52-27-33)63-41(56-47(66)38-29-55-62-14-6-13-51-46(38)62)26-42(58-63)60-17-15-59(16-18-60)19-20-69-21-22-70-23-24-71-31-43(65)57-45(50(3,4)5)49(68)61-30-37(64)25-39(61)48(67)53-28-35-8-10-36(11-9-35)44-34(2)54-32-72-44;1-21-3-4-23(30-18-21)37-24(32-28(40)22-19-31-36-6-2-5-29-27(22)36)17-25(33-37)35-9-7-34(8-10-35)11-12-41-13-14-42-15-16-43-20-26(38)39;1-13-18(30-12-25-13)15-7-5-14(6-8-15)10-24-20(28)17-9-16(27)11-26(17)21(29)19(23)22(2,3)4/h6-14,26-27,29,32,37,39,45,64H,15-25,28,30-31H2,1-5H3,(H,53,67)(H,56,66)(H,57,65);2-6,17-19H,7-16,20H2,1H3,(H,32,40)(H,38,39);5-8,12,16-17,19,27H,9-11,23H2,1-4H3,(H,24,28)/t37-,39+,45?;;16-,17+,19?/m1.1/s1. The zero-order valence-corrected chi connectivity index (χ0v) is 84.8. The highest BCUT2D eigenvalue weighted by molar-refractivity contribution is 7.13. The van der Waals surface area contributed by atoms with Crippen LogP contribution in [-0.4, -0.2) is 345 Å². The van der Waals surface area contributed by atoms with Gasteiger partial charge >= 0.3 is 5.97 Å². The average molecular weight is 2030 g/mol. The quantitative estimate of drug-likeness (QED) is 0.0185. The van der Waals surface area contributed by atoms with Crippen LogP contribution in [0.4, 0.5) is 23.3 Å². The molecule has 10 aromatic heterocycles. The van der Waals surface area contributed by atoms with Gasteiger partial charge in [-0.1, -0.05) is 102 Å². The summed E-state index contributed by atoms with van der Waals surface area (Å²) >= 11 is 3.17. The molecule has 2 unspecified atom stereocenters. The van der Waals surface area contributed by atoms with Gasteiger partial charge in [0.15, 0.2) is 34.6 Å². The number of piperazine rings is 2. The number of fused-ring (bicyclic) bond motifs is 2. The van der Waals surface area contributed by atoms with Crippen molar-refractivity contribution in [2.75, 3.05) is 178 Å². The Balaban J connectivity index is 0.000000192. The number of hydrogen-bond donors (Lipinski definition) is 9. The van der Waals surface area contributed by atoms with Gasteiger partial charge in [-0.05, 0) is 96.2 Å². The molecule has 2 aromatic carbocycles. The van der Waals surface area contributed by atoms with E-state index in [0.29, 0.717) is 98.5 Å². The van der Waals surface area contributed by atoms with Gasteiger partial charge in [0, 0.05) is 154 Å². The molecule has 0 saturated carbocycles. The molecule has 6 atom stereocenters. The monoisotopic (exact) mass is 2030 g/mol. The second-order valence-electron chi connectivity index (χ2n) is 37.8. The molecule has 4 aliphatic rings. The second kappa shape index (κ2) is 50.9. The zero-order chi connectivity index (χ0) is 103. The number of thiazole rings is 2. The topological polar surface area (TPSA) is 506 Å². The lowest BCUT2D eigenvalue weighted by atomic mass is 9.85. The predicted octanol–water partition coefficient (Wildman–Crippen LogP) is 6.48. The van der Waals surface area contributed by atoms with Crippen molar-refractivity contribution in [3.63, 3.8) is 0 Å². The van der Waals surface area contributed by atoms with Gasteiger partial charge in [-0.2, -0.15) is 19.6 Å². The third-order valence-electron chi connectivity index (χ3n) is 24.8. The van der Waals surface area contributed by atoms with Crippen LogP contribution in [0.2, 0.25) is 0 Å². The molecule has 16 rings (SSSR count). The first-order chi connectivity index (χ1) is 69.8. The van der Waals surface area contributed by atoms with Crippen LogP contribution in [0, 0.1) is 38.5 Å². The molecule has 7 amide bonds. The lowest BCUT2D eigenvalue weighted by molar-refractivity contribution is -0.144. The van der Waals surface area contributed by atoms with Crippen molar-refractivity contribution < 1.29 is 82.1 Å². The fourth-order valence-electron chi connectivity index (χ4n) is 16.6. The summed E-state index contributed by atoms with van der Waals surface area (Å²) in [6.07, 6.45) is 12.0. The Labute approximate surface area is 847 Å². The third kappa shape index (κ3) is 29.5. The molecular weight excluding hydrogens is 1900 g/mol. The van der Waals surface area contributed by atoms with Gasteiger partial charge < -0.3 is 95.7 Å². The number of nitrogens with two attached hydrogens (primary N) is 1. The number of carboxylic acids is 1. The highest BCUT2D eigenvalue weighted by Gasteiger charge is 2.46. The lowest BCUT2D eigenvalue weighted by Crippen LogP contribution is -2.58. The number of aryl methyl sites for hydroxylation is 4. The van der Waals surface area contributed by atoms with E-state index in [1.807, 2.05) is 165 Å². The SMILES string of the molecule is Cc1ccc(-n2nc(N3CCN(CCOCCOCCOCC(=O)NC(C(=O)N4C[C@H](O)C[C@H]4C(=O)NCc4ccc(-c5scnc5C)cc4)C(C)(C)C)CC3)cc2NC(=O)c2cnn3cccnc23)nc1.Cc1ccc(-n2nc(N3CCN(CCOCCOCCOCC(=O)O)CC3)cc2NC(=O)c2cnn3cccnc23)nc1.Cc1ncsc1-c1ccc(CNC(=O)[C@@H]2C[C@@H](O)CN2C(=O)C(N)C(C)(C)C)cc1. The van der Waals surface area contributed by atoms with Crippen molar-refractivity contribution >= 4 is 105 Å². The average Bonchev–Trinajstić information content (AvgIpc) is 1.65. The lowest BCUT2D eigenvalue weighted by Gasteiger charge is -2.35. The number of benzene rings is 2. The summed E-state index contributed by atoms with van der Waals surface area (Å²) < 4.78 is 39.4. The molecule has 10 N–H and O–H groups in total. The number of carbonyl (C=O) groups is 8. The number of ether oxygens (including phenoxy) is 6. The summed E-state index contributed by atoms with van der Waals surface area (Å²) in [5.41, 5.74) is 18.2. The largest absolute Gasteiger partial charge is 0.480 e. The van der Waals surface area contributed by atoms with E-state index < -0.39 is 65.0 Å². The number of anilines is 4. The normalized spacial score (nSPS) is 16.7. The van der Waals surface area contributed by atoms with Gasteiger partial charge in [-0.15, -0.1) is 32.9 Å². The molecular formula is C100H128N26O17S2. The zero-order valence-electron chi connectivity index (χ0n) is 83.2. The molecule has 4 saturated heterocycles. The number of hydrogen-bond acceptors (Lipinski definition) is 33. The first-order valence-corrected chi connectivity index (χ1v) is 50.0. The second-order valence-corrected chi connectivity index (χ2v) is 39.5. The third-order valence-corrected chi connectivity index (χ3v) is 26.8. The molecule has 0 spiro atoms. The Morgan fingerprint density at radius 2 is 0.883 bits per heavy atom. The maximum Gasteiger partial charge on any atom is 0.329 e.